The number of benzene rings is 2. The molecule has 2 aliphatic rings. The molecule has 34 heavy (non-hydrogen) atoms. The van der Waals surface area contributed by atoms with Crippen molar-refractivity contribution >= 4 is 29.5 Å². The molecule has 1 saturated carbocycles. The molecule has 2 fully saturated rings. The van der Waals surface area contributed by atoms with Gasteiger partial charge in [-0.3, -0.25) is 9.59 Å². The minimum Gasteiger partial charge on any atom is -0.508 e. The molecule has 1 aliphatic heterocycles. The van der Waals surface area contributed by atoms with Crippen LogP contribution in [0.1, 0.15) is 40.7 Å². The molecule has 4 N–H and O–H groups in total. The van der Waals surface area contributed by atoms with E-state index in [1.54, 1.807) is 19.1 Å². The van der Waals surface area contributed by atoms with E-state index in [2.05, 4.69) is 5.32 Å². The molecule has 2 aromatic rings. The average Bonchev–Trinajstić information content (AvgIpc) is 3.22. The number of aliphatic carboxylic acids is 1. The van der Waals surface area contributed by atoms with Gasteiger partial charge in [-0.15, -0.1) is 11.8 Å². The molecule has 1 saturated heterocycles. The van der Waals surface area contributed by atoms with Gasteiger partial charge in [-0.2, -0.15) is 0 Å². The van der Waals surface area contributed by atoms with Gasteiger partial charge in [0.1, 0.15) is 11.8 Å². The van der Waals surface area contributed by atoms with E-state index >= 15 is 0 Å². The maximum Gasteiger partial charge on any atom is 0.327 e. The molecule has 1 aliphatic carbocycles. The third kappa shape index (κ3) is 4.50. The number of rotatable bonds is 7. The highest BCUT2D eigenvalue weighted by molar-refractivity contribution is 8.01. The van der Waals surface area contributed by atoms with E-state index < -0.39 is 40.7 Å². The standard InChI is InChI=1S/C25H28N2O6S/c1-15-17(9-5-10-19(15)28)22(30)26-18(13-16-7-3-2-4-8-16)20(29)23(31)27-14-34-25(11-6-12-25)21(27)24(32)33/h2-5,7-10,18,20-21,28-29H,6,11-14H2,1H3,(H,26,30)(H,32,33)/t18-,20-,21+/m0/s1. The van der Waals surface area contributed by atoms with Crippen molar-refractivity contribution in [2.75, 3.05) is 5.88 Å². The van der Waals surface area contributed by atoms with Gasteiger partial charge in [-0.1, -0.05) is 42.8 Å². The summed E-state index contributed by atoms with van der Waals surface area (Å²) in [5.41, 5.74) is 1.41. The molecule has 0 unspecified atom stereocenters. The lowest BCUT2D eigenvalue weighted by atomic mass is 9.78. The number of carbonyl (C=O) groups excluding carboxylic acids is 2. The number of aliphatic hydroxyl groups is 1. The molecule has 8 nitrogen and oxygen atoms in total. The van der Waals surface area contributed by atoms with Crippen molar-refractivity contribution in [3.63, 3.8) is 0 Å². The fraction of sp³-hybridized carbons (Fsp3) is 0.400. The predicted octanol–water partition coefficient (Wildman–Crippen LogP) is 2.31. The lowest BCUT2D eigenvalue weighted by Crippen LogP contribution is -2.59. The summed E-state index contributed by atoms with van der Waals surface area (Å²) >= 11 is 1.45. The Hall–Kier alpha value is -3.04. The molecular formula is C25H28N2O6S. The number of nitrogens with one attached hydrogen (secondary N) is 1. The van der Waals surface area contributed by atoms with Gasteiger partial charge in [-0.05, 0) is 43.9 Å². The van der Waals surface area contributed by atoms with Crippen LogP contribution in [0, 0.1) is 6.92 Å². The number of nitrogens with zero attached hydrogens (tertiary/aromatic N) is 1. The van der Waals surface area contributed by atoms with Crippen LogP contribution >= 0.6 is 11.8 Å². The highest BCUT2D eigenvalue weighted by atomic mass is 32.2. The van der Waals surface area contributed by atoms with Gasteiger partial charge in [0.15, 0.2) is 6.10 Å². The molecule has 0 bridgehead atoms. The van der Waals surface area contributed by atoms with Crippen molar-refractivity contribution in [1.29, 1.82) is 0 Å². The second-order valence-electron chi connectivity index (χ2n) is 8.90. The van der Waals surface area contributed by atoms with Gasteiger partial charge >= 0.3 is 5.97 Å². The number of carboxylic acids is 1. The number of phenols is 1. The van der Waals surface area contributed by atoms with Crippen LogP contribution in [0.4, 0.5) is 0 Å². The summed E-state index contributed by atoms with van der Waals surface area (Å²) in [6, 6.07) is 11.7. The van der Waals surface area contributed by atoms with E-state index in [4.69, 9.17) is 0 Å². The zero-order valence-electron chi connectivity index (χ0n) is 18.8. The largest absolute Gasteiger partial charge is 0.508 e. The average molecular weight is 485 g/mol. The molecule has 1 spiro atoms. The van der Waals surface area contributed by atoms with Crippen LogP contribution in [-0.4, -0.2) is 66.8 Å². The summed E-state index contributed by atoms with van der Waals surface area (Å²) in [5.74, 6) is -2.18. The number of phenolic OH excluding ortho intramolecular Hbond substituents is 1. The van der Waals surface area contributed by atoms with Gasteiger partial charge in [-0.25, -0.2) is 4.79 Å². The molecule has 1 heterocycles. The number of carbonyl (C=O) groups is 3. The first kappa shape index (κ1) is 24.1. The fourth-order valence-electron chi connectivity index (χ4n) is 4.69. The van der Waals surface area contributed by atoms with Crippen molar-refractivity contribution < 1.29 is 29.7 Å². The molecule has 3 atom stereocenters. The summed E-state index contributed by atoms with van der Waals surface area (Å²) in [6.45, 7) is 1.61. The molecule has 180 valence electrons. The number of amides is 2. The highest BCUT2D eigenvalue weighted by Crippen LogP contribution is 2.53. The fourth-order valence-corrected chi connectivity index (χ4v) is 6.33. The van der Waals surface area contributed by atoms with Crippen LogP contribution in [0.5, 0.6) is 5.75 Å². The van der Waals surface area contributed by atoms with Crippen LogP contribution in [-0.2, 0) is 16.0 Å². The van der Waals surface area contributed by atoms with Crippen molar-refractivity contribution in [3.05, 3.63) is 65.2 Å². The maximum atomic E-state index is 13.4. The maximum absolute atomic E-state index is 13.4. The minimum absolute atomic E-state index is 0.0342. The van der Waals surface area contributed by atoms with E-state index in [1.807, 2.05) is 30.3 Å². The summed E-state index contributed by atoms with van der Waals surface area (Å²) in [5, 5.41) is 33.7. The van der Waals surface area contributed by atoms with Gasteiger partial charge in [0.2, 0.25) is 0 Å². The summed E-state index contributed by atoms with van der Waals surface area (Å²) in [6.07, 6.45) is 0.878. The first-order valence-electron chi connectivity index (χ1n) is 11.2. The van der Waals surface area contributed by atoms with Crippen molar-refractivity contribution in [2.45, 2.75) is 55.5 Å². The number of carboxylic acid groups (broad SMARTS) is 1. The zero-order chi connectivity index (χ0) is 24.5. The lowest BCUT2D eigenvalue weighted by molar-refractivity contribution is -0.155. The topological polar surface area (TPSA) is 127 Å². The zero-order valence-corrected chi connectivity index (χ0v) is 19.6. The molecule has 0 aromatic heterocycles. The van der Waals surface area contributed by atoms with Crippen molar-refractivity contribution in [3.8, 4) is 5.75 Å². The summed E-state index contributed by atoms with van der Waals surface area (Å²) in [4.78, 5) is 39.7. The number of aliphatic hydroxyl groups excluding tert-OH is 1. The Balaban J connectivity index is 1.59. The van der Waals surface area contributed by atoms with Crippen LogP contribution < -0.4 is 5.32 Å². The molecule has 9 heteroatoms. The second-order valence-corrected chi connectivity index (χ2v) is 10.3. The number of aromatic hydroxyl groups is 1. The van der Waals surface area contributed by atoms with E-state index in [0.29, 0.717) is 5.56 Å². The van der Waals surface area contributed by atoms with Crippen LogP contribution in [0.15, 0.2) is 48.5 Å². The SMILES string of the molecule is Cc1c(O)cccc1C(=O)N[C@@H](Cc1ccccc1)[C@H](O)C(=O)N1CSC2(CCC2)[C@H]1C(=O)O. The Morgan fingerprint density at radius 1 is 1.15 bits per heavy atom. The number of hydrogen-bond donors (Lipinski definition) is 4. The Morgan fingerprint density at radius 2 is 1.85 bits per heavy atom. The highest BCUT2D eigenvalue weighted by Gasteiger charge is 2.57. The second kappa shape index (κ2) is 9.68. The number of thioether (sulfide) groups is 1. The Morgan fingerprint density at radius 3 is 2.47 bits per heavy atom. The summed E-state index contributed by atoms with van der Waals surface area (Å²) < 4.78 is -0.502. The third-order valence-corrected chi connectivity index (χ3v) is 8.43. The molecule has 4 rings (SSSR count). The van der Waals surface area contributed by atoms with Crippen LogP contribution in [0.2, 0.25) is 0 Å². The number of hydrogen-bond acceptors (Lipinski definition) is 6. The van der Waals surface area contributed by atoms with Gasteiger partial charge < -0.3 is 25.5 Å². The summed E-state index contributed by atoms with van der Waals surface area (Å²) in [7, 11) is 0. The first-order chi connectivity index (χ1) is 16.2. The van der Waals surface area contributed by atoms with Crippen LogP contribution in [0.3, 0.4) is 0 Å². The molecule has 0 radical (unpaired) electrons. The predicted molar refractivity (Wildman–Crippen MR) is 128 cm³/mol. The Labute approximate surface area is 202 Å². The van der Waals surface area contributed by atoms with Gasteiger partial charge in [0.05, 0.1) is 11.9 Å². The molecule has 2 aromatic carbocycles. The normalized spacial score (nSPS) is 20.4. The van der Waals surface area contributed by atoms with Crippen LogP contribution in [0.25, 0.3) is 0 Å². The van der Waals surface area contributed by atoms with E-state index in [-0.39, 0.29) is 23.6 Å². The van der Waals surface area contributed by atoms with E-state index in [0.717, 1.165) is 24.8 Å². The first-order valence-corrected chi connectivity index (χ1v) is 12.2. The smallest absolute Gasteiger partial charge is 0.327 e. The third-order valence-electron chi connectivity index (χ3n) is 6.82. The molecule has 2 amide bonds. The lowest BCUT2D eigenvalue weighted by Gasteiger charge is -2.41. The van der Waals surface area contributed by atoms with E-state index in [1.165, 1.54) is 22.7 Å². The monoisotopic (exact) mass is 484 g/mol. The quantitative estimate of drug-likeness (QED) is 0.475. The molecular weight excluding hydrogens is 456 g/mol. The van der Waals surface area contributed by atoms with E-state index in [9.17, 15) is 29.7 Å². The van der Waals surface area contributed by atoms with Gasteiger partial charge in [0.25, 0.3) is 11.8 Å². The van der Waals surface area contributed by atoms with Gasteiger partial charge in [0, 0.05) is 15.9 Å². The Bertz CT molecular complexity index is 1090. The van der Waals surface area contributed by atoms with Crippen molar-refractivity contribution in [2.24, 2.45) is 0 Å². The minimum atomic E-state index is -1.64. The van der Waals surface area contributed by atoms with Crippen molar-refractivity contribution in [1.82, 2.24) is 10.2 Å². The Kier molecular flexibility index (Phi) is 6.86.